The molecule has 0 spiro atoms. The summed E-state index contributed by atoms with van der Waals surface area (Å²) in [5.74, 6) is -0.00821. The number of aryl methyl sites for hydroxylation is 4. The Hall–Kier alpha value is -2.87. The van der Waals surface area contributed by atoms with Gasteiger partial charge in [-0.15, -0.1) is 0 Å². The first-order valence-electron chi connectivity index (χ1n) is 9.54. The molecule has 2 nitrogen and oxygen atoms in total. The second-order valence-corrected chi connectivity index (χ2v) is 7.20. The number of rotatable bonds is 6. The second kappa shape index (κ2) is 8.68. The van der Waals surface area contributed by atoms with Crippen LogP contribution in [0.15, 0.2) is 72.8 Å². The fourth-order valence-corrected chi connectivity index (χ4v) is 3.55. The standard InChI is InChI=1S/C25H27NO/c1-18-13-16-23(19(2)17-18)20(3)26-25(27)24-12-8-7-11-22(24)15-14-21-9-5-4-6-10-21/h4-13,16-17,20H,14-15H2,1-3H3,(H,26,27)/t20-/m0/s1. The van der Waals surface area contributed by atoms with Gasteiger partial charge in [-0.3, -0.25) is 4.79 Å². The molecule has 1 N–H and O–H groups in total. The summed E-state index contributed by atoms with van der Waals surface area (Å²) in [7, 11) is 0. The van der Waals surface area contributed by atoms with E-state index >= 15 is 0 Å². The lowest BCUT2D eigenvalue weighted by Crippen LogP contribution is -2.28. The average Bonchev–Trinajstić information content (AvgIpc) is 2.67. The number of hydrogen-bond acceptors (Lipinski definition) is 1. The van der Waals surface area contributed by atoms with E-state index < -0.39 is 0 Å². The van der Waals surface area contributed by atoms with Gasteiger partial charge in [0.25, 0.3) is 5.91 Å². The molecule has 0 aromatic heterocycles. The molecule has 3 rings (SSSR count). The van der Waals surface area contributed by atoms with E-state index in [4.69, 9.17) is 0 Å². The third-order valence-corrected chi connectivity index (χ3v) is 5.03. The van der Waals surface area contributed by atoms with Crippen LogP contribution >= 0.6 is 0 Å². The topological polar surface area (TPSA) is 29.1 Å². The van der Waals surface area contributed by atoms with Gasteiger partial charge in [0.1, 0.15) is 0 Å². The van der Waals surface area contributed by atoms with Crippen LogP contribution in [0.1, 0.15) is 51.1 Å². The normalized spacial score (nSPS) is 11.8. The van der Waals surface area contributed by atoms with Gasteiger partial charge in [0.05, 0.1) is 6.04 Å². The second-order valence-electron chi connectivity index (χ2n) is 7.20. The number of amides is 1. The maximum atomic E-state index is 12.9. The number of nitrogens with one attached hydrogen (secondary N) is 1. The summed E-state index contributed by atoms with van der Waals surface area (Å²) in [5, 5.41) is 3.17. The van der Waals surface area contributed by atoms with Gasteiger partial charge in [0.2, 0.25) is 0 Å². The van der Waals surface area contributed by atoms with Crippen LogP contribution in [0.25, 0.3) is 0 Å². The van der Waals surface area contributed by atoms with Crippen molar-refractivity contribution in [3.8, 4) is 0 Å². The van der Waals surface area contributed by atoms with Crippen molar-refractivity contribution in [3.05, 3.63) is 106 Å². The van der Waals surface area contributed by atoms with Gasteiger partial charge >= 0.3 is 0 Å². The molecule has 0 bridgehead atoms. The van der Waals surface area contributed by atoms with Crippen LogP contribution in [0, 0.1) is 13.8 Å². The molecule has 0 fully saturated rings. The monoisotopic (exact) mass is 357 g/mol. The van der Waals surface area contributed by atoms with Crippen LogP contribution in [-0.4, -0.2) is 5.91 Å². The van der Waals surface area contributed by atoms with Gasteiger partial charge in [-0.25, -0.2) is 0 Å². The molecule has 27 heavy (non-hydrogen) atoms. The molecular formula is C25H27NO. The summed E-state index contributed by atoms with van der Waals surface area (Å²) >= 11 is 0. The van der Waals surface area contributed by atoms with Crippen LogP contribution in [0.4, 0.5) is 0 Å². The number of benzene rings is 3. The molecule has 1 atom stereocenters. The first kappa shape index (κ1) is 18.9. The van der Waals surface area contributed by atoms with Crippen molar-refractivity contribution in [2.75, 3.05) is 0 Å². The molecule has 138 valence electrons. The molecule has 0 aliphatic rings. The van der Waals surface area contributed by atoms with Crippen molar-refractivity contribution < 1.29 is 4.79 Å². The highest BCUT2D eigenvalue weighted by Gasteiger charge is 2.15. The molecular weight excluding hydrogens is 330 g/mol. The predicted octanol–water partition coefficient (Wildman–Crippen LogP) is 5.58. The van der Waals surface area contributed by atoms with E-state index in [0.29, 0.717) is 0 Å². The van der Waals surface area contributed by atoms with Gasteiger partial charge in [0.15, 0.2) is 0 Å². The quantitative estimate of drug-likeness (QED) is 0.613. The minimum Gasteiger partial charge on any atom is -0.345 e. The average molecular weight is 357 g/mol. The summed E-state index contributed by atoms with van der Waals surface area (Å²) in [6.45, 7) is 6.23. The highest BCUT2D eigenvalue weighted by molar-refractivity contribution is 5.96. The number of hydrogen-bond donors (Lipinski definition) is 1. The van der Waals surface area contributed by atoms with Crippen LogP contribution in [0.2, 0.25) is 0 Å². The summed E-state index contributed by atoms with van der Waals surface area (Å²) in [5.41, 5.74) is 6.75. The summed E-state index contributed by atoms with van der Waals surface area (Å²) < 4.78 is 0. The molecule has 0 saturated heterocycles. The third kappa shape index (κ3) is 4.85. The maximum absolute atomic E-state index is 12.9. The Balaban J connectivity index is 1.73. The van der Waals surface area contributed by atoms with Gasteiger partial charge in [0, 0.05) is 5.56 Å². The summed E-state index contributed by atoms with van der Waals surface area (Å²) in [4.78, 5) is 12.9. The van der Waals surface area contributed by atoms with Crippen molar-refractivity contribution in [3.63, 3.8) is 0 Å². The highest BCUT2D eigenvalue weighted by atomic mass is 16.1. The Morgan fingerprint density at radius 3 is 2.33 bits per heavy atom. The van der Waals surface area contributed by atoms with E-state index in [1.165, 1.54) is 16.7 Å². The Kier molecular flexibility index (Phi) is 6.08. The lowest BCUT2D eigenvalue weighted by Gasteiger charge is -2.18. The Morgan fingerprint density at radius 2 is 1.59 bits per heavy atom. The zero-order chi connectivity index (χ0) is 19.2. The van der Waals surface area contributed by atoms with Crippen molar-refractivity contribution in [2.24, 2.45) is 0 Å². The highest BCUT2D eigenvalue weighted by Crippen LogP contribution is 2.20. The van der Waals surface area contributed by atoms with Crippen LogP contribution < -0.4 is 5.32 Å². The zero-order valence-corrected chi connectivity index (χ0v) is 16.3. The van der Waals surface area contributed by atoms with Crippen molar-refractivity contribution >= 4 is 5.91 Å². The van der Waals surface area contributed by atoms with Gasteiger partial charge in [-0.05, 0) is 61.9 Å². The van der Waals surface area contributed by atoms with Gasteiger partial charge < -0.3 is 5.32 Å². The first-order chi connectivity index (χ1) is 13.0. The third-order valence-electron chi connectivity index (χ3n) is 5.03. The van der Waals surface area contributed by atoms with Crippen LogP contribution in [0.5, 0.6) is 0 Å². The van der Waals surface area contributed by atoms with Crippen LogP contribution in [0.3, 0.4) is 0 Å². The molecule has 1 amide bonds. The molecule has 0 aliphatic carbocycles. The fourth-order valence-electron chi connectivity index (χ4n) is 3.55. The lowest BCUT2D eigenvalue weighted by molar-refractivity contribution is 0.0939. The van der Waals surface area contributed by atoms with Crippen LogP contribution in [-0.2, 0) is 12.8 Å². The molecule has 2 heteroatoms. The molecule has 3 aromatic rings. The minimum absolute atomic E-state index is 0.00821. The number of carbonyl (C=O) groups is 1. The van der Waals surface area contributed by atoms with E-state index in [1.54, 1.807) is 0 Å². The largest absolute Gasteiger partial charge is 0.345 e. The SMILES string of the molecule is Cc1ccc([C@H](C)NC(=O)c2ccccc2CCc2ccccc2)c(C)c1. The molecule has 0 heterocycles. The molecule has 0 unspecified atom stereocenters. The van der Waals surface area contributed by atoms with Gasteiger partial charge in [-0.2, -0.15) is 0 Å². The Morgan fingerprint density at radius 1 is 0.889 bits per heavy atom. The fraction of sp³-hybridized carbons (Fsp3) is 0.240. The minimum atomic E-state index is -0.0275. The number of carbonyl (C=O) groups excluding carboxylic acids is 1. The van der Waals surface area contributed by atoms with Crippen molar-refractivity contribution in [1.29, 1.82) is 0 Å². The lowest BCUT2D eigenvalue weighted by atomic mass is 9.97. The van der Waals surface area contributed by atoms with E-state index in [9.17, 15) is 4.79 Å². The van der Waals surface area contributed by atoms with Crippen molar-refractivity contribution in [1.82, 2.24) is 5.32 Å². The predicted molar refractivity (Wildman–Crippen MR) is 112 cm³/mol. The van der Waals surface area contributed by atoms with E-state index in [-0.39, 0.29) is 11.9 Å². The smallest absolute Gasteiger partial charge is 0.252 e. The van der Waals surface area contributed by atoms with E-state index in [1.807, 2.05) is 31.2 Å². The molecule has 0 aliphatic heterocycles. The first-order valence-corrected chi connectivity index (χ1v) is 9.54. The Labute approximate surface area is 162 Å². The van der Waals surface area contributed by atoms with E-state index in [0.717, 1.165) is 29.5 Å². The molecule has 3 aromatic carbocycles. The van der Waals surface area contributed by atoms with E-state index in [2.05, 4.69) is 67.7 Å². The zero-order valence-electron chi connectivity index (χ0n) is 16.3. The molecule has 0 radical (unpaired) electrons. The Bertz CT molecular complexity index is 915. The summed E-state index contributed by atoms with van der Waals surface area (Å²) in [6.07, 6.45) is 1.78. The summed E-state index contributed by atoms with van der Waals surface area (Å²) in [6, 6.07) is 24.6. The van der Waals surface area contributed by atoms with Crippen molar-refractivity contribution in [2.45, 2.75) is 39.7 Å². The molecule has 0 saturated carbocycles. The maximum Gasteiger partial charge on any atom is 0.252 e. The van der Waals surface area contributed by atoms with Gasteiger partial charge in [-0.1, -0.05) is 72.3 Å².